The highest BCUT2D eigenvalue weighted by Gasteiger charge is 2.29. The van der Waals surface area contributed by atoms with Crippen LogP contribution in [-0.4, -0.2) is 51.4 Å². The van der Waals surface area contributed by atoms with Crippen molar-refractivity contribution in [2.45, 2.75) is 24.2 Å². The quantitative estimate of drug-likeness (QED) is 0.485. The van der Waals surface area contributed by atoms with E-state index in [2.05, 4.69) is 15.0 Å². The van der Waals surface area contributed by atoms with Crippen LogP contribution in [0.5, 0.6) is 0 Å². The second kappa shape index (κ2) is 9.36. The van der Waals surface area contributed by atoms with Gasteiger partial charge in [-0.1, -0.05) is 18.2 Å². The summed E-state index contributed by atoms with van der Waals surface area (Å²) in [7, 11) is 0.368. The Morgan fingerprint density at radius 3 is 2.53 bits per heavy atom. The van der Waals surface area contributed by atoms with Crippen molar-refractivity contribution in [3.8, 4) is 11.3 Å². The summed E-state index contributed by atoms with van der Waals surface area (Å²) in [6, 6.07) is 14.4. The number of pyridine rings is 1. The van der Waals surface area contributed by atoms with Gasteiger partial charge in [0, 0.05) is 35.3 Å². The van der Waals surface area contributed by atoms with Crippen LogP contribution in [0.2, 0.25) is 0 Å². The van der Waals surface area contributed by atoms with Crippen molar-refractivity contribution in [2.75, 3.05) is 32.5 Å². The fraction of sp³-hybridized carbons (Fsp3) is 0.333. The van der Waals surface area contributed by atoms with Crippen molar-refractivity contribution < 1.29 is 13.2 Å². The predicted molar refractivity (Wildman–Crippen MR) is 127 cm³/mol. The minimum absolute atomic E-state index is 0.0748. The molecule has 1 heterocycles. The number of sulfonamides is 1. The summed E-state index contributed by atoms with van der Waals surface area (Å²) in [4.78, 5) is 18.8. The third-order valence-electron chi connectivity index (χ3n) is 5.49. The van der Waals surface area contributed by atoms with Crippen molar-refractivity contribution in [1.29, 1.82) is 0 Å². The average molecular weight is 453 g/mol. The van der Waals surface area contributed by atoms with E-state index in [0.717, 1.165) is 53.5 Å². The van der Waals surface area contributed by atoms with Gasteiger partial charge < -0.3 is 10.2 Å². The molecular weight excluding hydrogens is 424 g/mol. The molecule has 1 saturated carbocycles. The zero-order valence-corrected chi connectivity index (χ0v) is 19.2. The topological polar surface area (TPSA) is 91.4 Å². The number of fused-ring (bicyclic) bond motifs is 1. The van der Waals surface area contributed by atoms with Crippen molar-refractivity contribution in [2.24, 2.45) is 5.92 Å². The second-order valence-corrected chi connectivity index (χ2v) is 10.2. The maximum Gasteiger partial charge on any atom is 0.240 e. The Morgan fingerprint density at radius 1 is 1.09 bits per heavy atom. The summed E-state index contributed by atoms with van der Waals surface area (Å²) in [5.74, 6) is 0.224. The van der Waals surface area contributed by atoms with Gasteiger partial charge in [-0.2, -0.15) is 0 Å². The lowest BCUT2D eigenvalue weighted by atomic mass is 10.0. The number of anilines is 1. The van der Waals surface area contributed by atoms with Gasteiger partial charge in [0.05, 0.1) is 10.6 Å². The van der Waals surface area contributed by atoms with Gasteiger partial charge in [0.2, 0.25) is 15.9 Å². The first-order valence-corrected chi connectivity index (χ1v) is 12.3. The first-order valence-electron chi connectivity index (χ1n) is 10.8. The molecule has 32 heavy (non-hydrogen) atoms. The van der Waals surface area contributed by atoms with E-state index in [4.69, 9.17) is 0 Å². The molecule has 2 N–H and O–H groups in total. The molecule has 0 unspecified atom stereocenters. The van der Waals surface area contributed by atoms with E-state index in [1.807, 2.05) is 43.3 Å². The average Bonchev–Trinajstić information content (AvgIpc) is 3.62. The van der Waals surface area contributed by atoms with Gasteiger partial charge in [-0.05, 0) is 75.6 Å². The molecule has 4 rings (SSSR count). The molecule has 0 spiro atoms. The molecule has 1 aliphatic rings. The molecular formula is C24H28N4O3S. The molecule has 0 radical (unpaired) electrons. The van der Waals surface area contributed by atoms with Crippen molar-refractivity contribution in [3.63, 3.8) is 0 Å². The molecule has 0 atom stereocenters. The van der Waals surface area contributed by atoms with E-state index in [1.165, 1.54) is 0 Å². The summed E-state index contributed by atoms with van der Waals surface area (Å²) in [6.07, 6.45) is 4.39. The molecule has 1 aromatic heterocycles. The van der Waals surface area contributed by atoms with Crippen LogP contribution in [0.4, 0.5) is 5.69 Å². The zero-order chi connectivity index (χ0) is 22.7. The summed E-state index contributed by atoms with van der Waals surface area (Å²) in [5, 5.41) is 4.87. The van der Waals surface area contributed by atoms with Crippen molar-refractivity contribution in [1.82, 2.24) is 14.6 Å². The number of nitrogens with zero attached hydrogens (tertiary/aromatic N) is 2. The molecule has 0 aliphatic heterocycles. The Morgan fingerprint density at radius 2 is 1.84 bits per heavy atom. The number of carbonyl (C=O) groups excluding carboxylic acids is 1. The number of rotatable bonds is 9. The molecule has 0 bridgehead atoms. The fourth-order valence-corrected chi connectivity index (χ4v) is 4.63. The Bertz CT molecular complexity index is 1220. The first-order chi connectivity index (χ1) is 15.3. The molecule has 1 fully saturated rings. The molecule has 3 aromatic rings. The molecule has 1 amide bonds. The van der Waals surface area contributed by atoms with Gasteiger partial charge in [-0.3, -0.25) is 9.78 Å². The van der Waals surface area contributed by atoms with Gasteiger partial charge in [0.1, 0.15) is 0 Å². The normalized spacial score (nSPS) is 14.1. The summed E-state index contributed by atoms with van der Waals surface area (Å²) in [6.45, 7) is 1.22. The van der Waals surface area contributed by atoms with E-state index in [1.54, 1.807) is 30.5 Å². The monoisotopic (exact) mass is 452 g/mol. The van der Waals surface area contributed by atoms with Gasteiger partial charge >= 0.3 is 0 Å². The van der Waals surface area contributed by atoms with Crippen LogP contribution < -0.4 is 10.0 Å². The molecule has 7 nitrogen and oxygen atoms in total. The van der Waals surface area contributed by atoms with Crippen LogP contribution in [0.3, 0.4) is 0 Å². The molecule has 1 aliphatic carbocycles. The highest BCUT2D eigenvalue weighted by atomic mass is 32.2. The van der Waals surface area contributed by atoms with Crippen LogP contribution in [0.15, 0.2) is 59.6 Å². The highest BCUT2D eigenvalue weighted by molar-refractivity contribution is 7.89. The minimum Gasteiger partial charge on any atom is -0.326 e. The fourth-order valence-electron chi connectivity index (χ4n) is 3.55. The van der Waals surface area contributed by atoms with Gasteiger partial charge in [0.15, 0.2) is 0 Å². The second-order valence-electron chi connectivity index (χ2n) is 8.44. The number of hydrogen-bond donors (Lipinski definition) is 2. The van der Waals surface area contributed by atoms with Crippen molar-refractivity contribution >= 4 is 32.4 Å². The Kier molecular flexibility index (Phi) is 6.55. The summed E-state index contributed by atoms with van der Waals surface area (Å²) in [5.41, 5.74) is 2.37. The SMILES string of the molecule is CN(C)CCCNS(=O)(=O)c1ccc(-c2nccc3cc(NC(=O)C4CC4)ccc23)cc1. The van der Waals surface area contributed by atoms with Gasteiger partial charge in [-0.15, -0.1) is 0 Å². The number of amides is 1. The lowest BCUT2D eigenvalue weighted by Crippen LogP contribution is -2.27. The van der Waals surface area contributed by atoms with E-state index in [-0.39, 0.29) is 16.7 Å². The summed E-state index contributed by atoms with van der Waals surface area (Å²) >= 11 is 0. The maximum atomic E-state index is 12.5. The first kappa shape index (κ1) is 22.4. The number of nitrogens with one attached hydrogen (secondary N) is 2. The Hall–Kier alpha value is -2.81. The smallest absolute Gasteiger partial charge is 0.240 e. The Labute approximate surface area is 188 Å². The number of carbonyl (C=O) groups is 1. The van der Waals surface area contributed by atoms with Crippen LogP contribution in [0.25, 0.3) is 22.0 Å². The number of hydrogen-bond acceptors (Lipinski definition) is 5. The van der Waals surface area contributed by atoms with Crippen LogP contribution >= 0.6 is 0 Å². The third kappa shape index (κ3) is 5.32. The van der Waals surface area contributed by atoms with Gasteiger partial charge in [0.25, 0.3) is 0 Å². The van der Waals surface area contributed by atoms with E-state index < -0.39 is 10.0 Å². The Balaban J connectivity index is 1.51. The highest BCUT2D eigenvalue weighted by Crippen LogP contribution is 2.32. The number of benzene rings is 2. The standard InChI is InChI=1S/C24H28N4O3S/c1-28(2)15-3-13-26-32(30,31)21-9-6-17(7-10-21)23-22-11-8-20(16-19(22)12-14-25-23)27-24(29)18-4-5-18/h6-12,14,16,18,26H,3-5,13,15H2,1-2H3,(H,27,29). The molecule has 2 aromatic carbocycles. The van der Waals surface area contributed by atoms with Crippen LogP contribution in [-0.2, 0) is 14.8 Å². The zero-order valence-electron chi connectivity index (χ0n) is 18.3. The minimum atomic E-state index is -3.55. The molecule has 0 saturated heterocycles. The lowest BCUT2D eigenvalue weighted by Gasteiger charge is -2.11. The third-order valence-corrected chi connectivity index (χ3v) is 6.97. The van der Waals surface area contributed by atoms with E-state index in [9.17, 15) is 13.2 Å². The maximum absolute atomic E-state index is 12.5. The van der Waals surface area contributed by atoms with Gasteiger partial charge in [-0.25, -0.2) is 13.1 Å². The van der Waals surface area contributed by atoms with E-state index >= 15 is 0 Å². The van der Waals surface area contributed by atoms with Crippen molar-refractivity contribution in [3.05, 3.63) is 54.7 Å². The van der Waals surface area contributed by atoms with Crippen LogP contribution in [0, 0.1) is 5.92 Å². The van der Waals surface area contributed by atoms with Crippen LogP contribution in [0.1, 0.15) is 19.3 Å². The summed E-state index contributed by atoms with van der Waals surface area (Å²) < 4.78 is 27.7. The van der Waals surface area contributed by atoms with E-state index in [0.29, 0.717) is 6.54 Å². The molecule has 8 heteroatoms. The largest absolute Gasteiger partial charge is 0.326 e. The predicted octanol–water partition coefficient (Wildman–Crippen LogP) is 3.48. The molecule has 168 valence electrons. The number of aromatic nitrogens is 1. The lowest BCUT2D eigenvalue weighted by molar-refractivity contribution is -0.117.